The van der Waals surface area contributed by atoms with Crippen molar-refractivity contribution >= 4 is 6.09 Å². The van der Waals surface area contributed by atoms with Crippen molar-refractivity contribution in [3.63, 3.8) is 0 Å². The predicted octanol–water partition coefficient (Wildman–Crippen LogP) is 3.67. The van der Waals surface area contributed by atoms with E-state index in [0.29, 0.717) is 6.61 Å². The number of cyclic esters (lactones) is 1. The molecule has 0 aliphatic carbocycles. The Morgan fingerprint density at radius 3 is 2.40 bits per heavy atom. The molecule has 1 saturated heterocycles. The van der Waals surface area contributed by atoms with E-state index in [9.17, 15) is 4.79 Å². The van der Waals surface area contributed by atoms with E-state index < -0.39 is 0 Å². The fourth-order valence-electron chi connectivity index (χ4n) is 2.31. The SMILES string of the molecule is CC(C)(C)Oc1ccc([C@H]2NC(=O)OCC2(C)C)cc1. The van der Waals surface area contributed by atoms with E-state index in [1.54, 1.807) is 0 Å². The first-order chi connectivity index (χ1) is 9.17. The van der Waals surface area contributed by atoms with E-state index in [-0.39, 0.29) is 23.2 Å². The molecule has 1 N–H and O–H groups in total. The Hall–Kier alpha value is -1.71. The minimum atomic E-state index is -0.357. The fourth-order valence-corrected chi connectivity index (χ4v) is 2.31. The highest BCUT2D eigenvalue weighted by atomic mass is 16.6. The third-order valence-electron chi connectivity index (χ3n) is 3.26. The maximum atomic E-state index is 11.4. The van der Waals surface area contributed by atoms with Gasteiger partial charge in [-0.15, -0.1) is 0 Å². The molecule has 0 bridgehead atoms. The van der Waals surface area contributed by atoms with Crippen molar-refractivity contribution in [3.8, 4) is 5.75 Å². The monoisotopic (exact) mass is 277 g/mol. The summed E-state index contributed by atoms with van der Waals surface area (Å²) in [7, 11) is 0. The summed E-state index contributed by atoms with van der Waals surface area (Å²) in [6.45, 7) is 10.6. The van der Waals surface area contributed by atoms with Crippen LogP contribution in [0.25, 0.3) is 0 Å². The van der Waals surface area contributed by atoms with E-state index >= 15 is 0 Å². The lowest BCUT2D eigenvalue weighted by molar-refractivity contribution is 0.0387. The molecule has 1 aliphatic rings. The van der Waals surface area contributed by atoms with Gasteiger partial charge in [-0.3, -0.25) is 0 Å². The van der Waals surface area contributed by atoms with Crippen LogP contribution in [0.5, 0.6) is 5.75 Å². The molecule has 0 radical (unpaired) electrons. The zero-order chi connectivity index (χ0) is 15.0. The predicted molar refractivity (Wildman–Crippen MR) is 77.8 cm³/mol. The summed E-state index contributed by atoms with van der Waals surface area (Å²) in [6.07, 6.45) is -0.357. The molecule has 1 aromatic carbocycles. The van der Waals surface area contributed by atoms with Gasteiger partial charge in [0.2, 0.25) is 0 Å². The van der Waals surface area contributed by atoms with E-state index in [4.69, 9.17) is 9.47 Å². The number of carbonyl (C=O) groups excluding carboxylic acids is 1. The van der Waals surface area contributed by atoms with Crippen LogP contribution in [0.3, 0.4) is 0 Å². The second-order valence-electron chi connectivity index (χ2n) is 6.93. The summed E-state index contributed by atoms with van der Waals surface area (Å²) in [5.74, 6) is 0.831. The fraction of sp³-hybridized carbons (Fsp3) is 0.562. The minimum absolute atomic E-state index is 0.0487. The van der Waals surface area contributed by atoms with Crippen molar-refractivity contribution in [2.45, 2.75) is 46.3 Å². The third-order valence-corrected chi connectivity index (χ3v) is 3.26. The first-order valence-electron chi connectivity index (χ1n) is 6.90. The lowest BCUT2D eigenvalue weighted by Crippen LogP contribution is -2.46. The number of alkyl carbamates (subject to hydrolysis) is 1. The summed E-state index contributed by atoms with van der Waals surface area (Å²) >= 11 is 0. The average molecular weight is 277 g/mol. The largest absolute Gasteiger partial charge is 0.488 e. The molecule has 1 amide bonds. The lowest BCUT2D eigenvalue weighted by atomic mass is 9.80. The highest BCUT2D eigenvalue weighted by molar-refractivity contribution is 5.69. The number of ether oxygens (including phenoxy) is 2. The molecular weight excluding hydrogens is 254 g/mol. The Morgan fingerprint density at radius 2 is 1.85 bits per heavy atom. The second-order valence-corrected chi connectivity index (χ2v) is 6.93. The van der Waals surface area contributed by atoms with Crippen molar-refractivity contribution in [2.75, 3.05) is 6.61 Å². The molecular formula is C16H23NO3. The van der Waals surface area contributed by atoms with Crippen molar-refractivity contribution in [1.29, 1.82) is 0 Å². The van der Waals surface area contributed by atoms with Crippen LogP contribution in [0.4, 0.5) is 4.79 Å². The van der Waals surface area contributed by atoms with Gasteiger partial charge in [-0.2, -0.15) is 0 Å². The molecule has 1 fully saturated rings. The van der Waals surface area contributed by atoms with Gasteiger partial charge in [0.1, 0.15) is 18.0 Å². The average Bonchev–Trinajstić information content (AvgIpc) is 2.32. The van der Waals surface area contributed by atoms with Gasteiger partial charge in [0.25, 0.3) is 0 Å². The lowest BCUT2D eigenvalue weighted by Gasteiger charge is -2.38. The molecule has 1 heterocycles. The van der Waals surface area contributed by atoms with Crippen LogP contribution in [0, 0.1) is 5.41 Å². The van der Waals surface area contributed by atoms with Crippen LogP contribution < -0.4 is 10.1 Å². The van der Waals surface area contributed by atoms with Crippen LogP contribution in [0.2, 0.25) is 0 Å². The van der Waals surface area contributed by atoms with E-state index in [0.717, 1.165) is 11.3 Å². The highest BCUT2D eigenvalue weighted by Gasteiger charge is 2.37. The number of benzene rings is 1. The topological polar surface area (TPSA) is 47.6 Å². The highest BCUT2D eigenvalue weighted by Crippen LogP contribution is 2.37. The summed E-state index contributed by atoms with van der Waals surface area (Å²) in [4.78, 5) is 11.4. The molecule has 4 heteroatoms. The summed E-state index contributed by atoms with van der Waals surface area (Å²) < 4.78 is 10.9. The first kappa shape index (κ1) is 14.7. The van der Waals surface area contributed by atoms with Gasteiger partial charge in [-0.05, 0) is 38.5 Å². The summed E-state index contributed by atoms with van der Waals surface area (Å²) in [6, 6.07) is 7.84. The van der Waals surface area contributed by atoms with Gasteiger partial charge in [0.05, 0.1) is 6.04 Å². The molecule has 1 aromatic rings. The van der Waals surface area contributed by atoms with Crippen LogP contribution in [0.1, 0.15) is 46.2 Å². The number of carbonyl (C=O) groups is 1. The van der Waals surface area contributed by atoms with Gasteiger partial charge in [0.15, 0.2) is 0 Å². The first-order valence-corrected chi connectivity index (χ1v) is 6.90. The normalized spacial score (nSPS) is 21.9. The molecule has 2 rings (SSSR count). The molecule has 0 spiro atoms. The molecule has 20 heavy (non-hydrogen) atoms. The number of hydrogen-bond donors (Lipinski definition) is 1. The van der Waals surface area contributed by atoms with E-state index in [2.05, 4.69) is 19.2 Å². The quantitative estimate of drug-likeness (QED) is 0.897. The van der Waals surface area contributed by atoms with Gasteiger partial charge < -0.3 is 14.8 Å². The van der Waals surface area contributed by atoms with Crippen LogP contribution in [-0.2, 0) is 4.74 Å². The maximum Gasteiger partial charge on any atom is 0.407 e. The van der Waals surface area contributed by atoms with Crippen molar-refractivity contribution in [3.05, 3.63) is 29.8 Å². The van der Waals surface area contributed by atoms with Crippen LogP contribution in [0.15, 0.2) is 24.3 Å². The number of amides is 1. The molecule has 0 saturated carbocycles. The van der Waals surface area contributed by atoms with E-state index in [1.807, 2.05) is 45.0 Å². The maximum absolute atomic E-state index is 11.4. The molecule has 0 unspecified atom stereocenters. The molecule has 1 aliphatic heterocycles. The zero-order valence-corrected chi connectivity index (χ0v) is 12.8. The molecule has 110 valence electrons. The number of hydrogen-bond acceptors (Lipinski definition) is 3. The summed E-state index contributed by atoms with van der Waals surface area (Å²) in [5.41, 5.74) is 0.710. The standard InChI is InChI=1S/C16H23NO3/c1-15(2,3)20-12-8-6-11(7-9-12)13-16(4,5)10-19-14(18)17-13/h6-9,13H,10H2,1-5H3,(H,17,18)/t13-/m1/s1. The zero-order valence-electron chi connectivity index (χ0n) is 12.8. The number of nitrogens with one attached hydrogen (secondary N) is 1. The molecule has 1 atom stereocenters. The van der Waals surface area contributed by atoms with E-state index in [1.165, 1.54) is 0 Å². The van der Waals surface area contributed by atoms with Gasteiger partial charge >= 0.3 is 6.09 Å². The van der Waals surface area contributed by atoms with Gasteiger partial charge in [-0.25, -0.2) is 4.79 Å². The minimum Gasteiger partial charge on any atom is -0.488 e. The van der Waals surface area contributed by atoms with Crippen molar-refractivity contribution in [2.24, 2.45) is 5.41 Å². The van der Waals surface area contributed by atoms with Crippen LogP contribution in [-0.4, -0.2) is 18.3 Å². The van der Waals surface area contributed by atoms with Gasteiger partial charge in [0, 0.05) is 5.41 Å². The van der Waals surface area contributed by atoms with Crippen molar-refractivity contribution in [1.82, 2.24) is 5.32 Å². The molecule has 0 aromatic heterocycles. The third kappa shape index (κ3) is 3.44. The smallest absolute Gasteiger partial charge is 0.407 e. The Bertz CT molecular complexity index is 485. The van der Waals surface area contributed by atoms with Gasteiger partial charge in [-0.1, -0.05) is 26.0 Å². The Kier molecular flexibility index (Phi) is 3.67. The Labute approximate surface area is 120 Å². The Balaban J connectivity index is 2.18. The van der Waals surface area contributed by atoms with Crippen molar-refractivity contribution < 1.29 is 14.3 Å². The summed E-state index contributed by atoms with van der Waals surface area (Å²) in [5, 5.41) is 2.89. The van der Waals surface area contributed by atoms with Crippen LogP contribution >= 0.6 is 0 Å². The second kappa shape index (κ2) is 5.00. The molecule has 4 nitrogen and oxygen atoms in total. The Morgan fingerprint density at radius 1 is 1.25 bits per heavy atom. The number of rotatable bonds is 2.